The SMILES string of the molecule is CC[C@@H](Cc1ccc(OC)c(CNC(=O)c2ccc3ccc4cccc5ccc2c3c45)c1)C(=O)O. The van der Waals surface area contributed by atoms with E-state index in [0.29, 0.717) is 24.2 Å². The third-order valence-electron chi connectivity index (χ3n) is 6.88. The van der Waals surface area contributed by atoms with Gasteiger partial charge in [-0.05, 0) is 62.9 Å². The van der Waals surface area contributed by atoms with Crippen molar-refractivity contribution >= 4 is 44.2 Å². The molecule has 5 nitrogen and oxygen atoms in total. The minimum atomic E-state index is -0.799. The largest absolute Gasteiger partial charge is 0.496 e. The Labute approximate surface area is 203 Å². The first kappa shape index (κ1) is 22.7. The summed E-state index contributed by atoms with van der Waals surface area (Å²) in [6.45, 7) is 2.15. The highest BCUT2D eigenvalue weighted by atomic mass is 16.5. The molecule has 176 valence electrons. The van der Waals surface area contributed by atoms with E-state index < -0.39 is 11.9 Å². The van der Waals surface area contributed by atoms with E-state index in [1.54, 1.807) is 7.11 Å². The van der Waals surface area contributed by atoms with Crippen LogP contribution in [0.2, 0.25) is 0 Å². The second-order valence-corrected chi connectivity index (χ2v) is 8.95. The molecule has 0 aromatic heterocycles. The Balaban J connectivity index is 1.45. The molecule has 0 bridgehead atoms. The summed E-state index contributed by atoms with van der Waals surface area (Å²) < 4.78 is 5.50. The molecule has 1 atom stereocenters. The number of benzene rings is 5. The Bertz CT molecular complexity index is 1540. The van der Waals surface area contributed by atoms with E-state index >= 15 is 0 Å². The summed E-state index contributed by atoms with van der Waals surface area (Å²) in [5.41, 5.74) is 2.35. The van der Waals surface area contributed by atoms with E-state index in [4.69, 9.17) is 4.74 Å². The van der Waals surface area contributed by atoms with E-state index in [-0.39, 0.29) is 12.5 Å². The second kappa shape index (κ2) is 9.26. The van der Waals surface area contributed by atoms with Crippen molar-refractivity contribution in [2.75, 3.05) is 7.11 Å². The molecule has 0 saturated carbocycles. The van der Waals surface area contributed by atoms with Crippen LogP contribution in [0.5, 0.6) is 5.75 Å². The van der Waals surface area contributed by atoms with Gasteiger partial charge in [-0.25, -0.2) is 0 Å². The van der Waals surface area contributed by atoms with Crippen LogP contribution in [0, 0.1) is 5.92 Å². The fourth-order valence-electron chi connectivity index (χ4n) is 4.99. The molecule has 5 aromatic carbocycles. The van der Waals surface area contributed by atoms with Gasteiger partial charge in [0.2, 0.25) is 0 Å². The number of nitrogens with one attached hydrogen (secondary N) is 1. The molecule has 0 saturated heterocycles. The molecule has 0 unspecified atom stereocenters. The highest BCUT2D eigenvalue weighted by Crippen LogP contribution is 2.36. The predicted molar refractivity (Wildman–Crippen MR) is 139 cm³/mol. The molecule has 5 aromatic rings. The van der Waals surface area contributed by atoms with Crippen LogP contribution in [0.4, 0.5) is 0 Å². The van der Waals surface area contributed by atoms with Crippen molar-refractivity contribution in [3.63, 3.8) is 0 Å². The van der Waals surface area contributed by atoms with Crippen LogP contribution in [-0.2, 0) is 17.8 Å². The van der Waals surface area contributed by atoms with Gasteiger partial charge in [-0.2, -0.15) is 0 Å². The summed E-state index contributed by atoms with van der Waals surface area (Å²) in [6, 6.07) is 24.1. The second-order valence-electron chi connectivity index (χ2n) is 8.95. The molecular formula is C30H27NO4. The van der Waals surface area contributed by atoms with Gasteiger partial charge >= 0.3 is 5.97 Å². The van der Waals surface area contributed by atoms with E-state index in [9.17, 15) is 14.7 Å². The van der Waals surface area contributed by atoms with Gasteiger partial charge in [0.1, 0.15) is 5.75 Å². The van der Waals surface area contributed by atoms with Gasteiger partial charge in [0.15, 0.2) is 0 Å². The fourth-order valence-corrected chi connectivity index (χ4v) is 4.99. The van der Waals surface area contributed by atoms with Gasteiger partial charge in [0.25, 0.3) is 5.91 Å². The Morgan fingerprint density at radius 3 is 2.29 bits per heavy atom. The lowest BCUT2D eigenvalue weighted by atomic mass is 9.92. The number of methoxy groups -OCH3 is 1. The van der Waals surface area contributed by atoms with Crippen molar-refractivity contribution in [2.45, 2.75) is 26.3 Å². The summed E-state index contributed by atoms with van der Waals surface area (Å²) in [7, 11) is 1.59. The Morgan fingerprint density at radius 2 is 1.60 bits per heavy atom. The first-order valence-electron chi connectivity index (χ1n) is 11.8. The van der Waals surface area contributed by atoms with Gasteiger partial charge < -0.3 is 15.2 Å². The van der Waals surface area contributed by atoms with Crippen molar-refractivity contribution in [3.05, 3.63) is 89.5 Å². The molecule has 0 heterocycles. The summed E-state index contributed by atoms with van der Waals surface area (Å²) in [5, 5.41) is 19.1. The van der Waals surface area contributed by atoms with Crippen molar-refractivity contribution in [1.29, 1.82) is 0 Å². The first-order chi connectivity index (χ1) is 17.0. The number of aliphatic carboxylic acids is 1. The van der Waals surface area contributed by atoms with E-state index in [1.165, 1.54) is 5.39 Å². The summed E-state index contributed by atoms with van der Waals surface area (Å²) in [5.74, 6) is -0.740. The van der Waals surface area contributed by atoms with Crippen LogP contribution in [0.15, 0.2) is 72.8 Å². The number of carbonyl (C=O) groups is 2. The number of rotatable bonds is 8. The third-order valence-corrected chi connectivity index (χ3v) is 6.88. The van der Waals surface area contributed by atoms with E-state index in [0.717, 1.165) is 38.1 Å². The molecular weight excluding hydrogens is 438 g/mol. The van der Waals surface area contributed by atoms with Crippen LogP contribution in [0.3, 0.4) is 0 Å². The average molecular weight is 466 g/mol. The van der Waals surface area contributed by atoms with E-state index in [1.807, 2.05) is 43.3 Å². The average Bonchev–Trinajstić information content (AvgIpc) is 2.88. The number of amides is 1. The number of hydrogen-bond acceptors (Lipinski definition) is 3. The molecule has 0 aliphatic carbocycles. The molecule has 0 radical (unpaired) electrons. The van der Waals surface area contributed by atoms with Gasteiger partial charge in [-0.3, -0.25) is 9.59 Å². The quantitative estimate of drug-likeness (QED) is 0.269. The first-order valence-corrected chi connectivity index (χ1v) is 11.8. The number of ether oxygens (including phenoxy) is 1. The Morgan fingerprint density at radius 1 is 0.914 bits per heavy atom. The predicted octanol–water partition coefficient (Wildman–Crippen LogP) is 6.18. The molecule has 5 heteroatoms. The van der Waals surface area contributed by atoms with Crippen LogP contribution < -0.4 is 10.1 Å². The topological polar surface area (TPSA) is 75.6 Å². The fraction of sp³-hybridized carbons (Fsp3) is 0.200. The lowest BCUT2D eigenvalue weighted by Crippen LogP contribution is -2.23. The summed E-state index contributed by atoms with van der Waals surface area (Å²) in [4.78, 5) is 24.8. The maximum Gasteiger partial charge on any atom is 0.306 e. The lowest BCUT2D eigenvalue weighted by molar-refractivity contribution is -0.141. The van der Waals surface area contributed by atoms with Gasteiger partial charge in [0.05, 0.1) is 13.0 Å². The number of carboxylic acid groups (broad SMARTS) is 1. The van der Waals surface area contributed by atoms with Crippen molar-refractivity contribution in [3.8, 4) is 5.75 Å². The van der Waals surface area contributed by atoms with Crippen molar-refractivity contribution in [1.82, 2.24) is 5.32 Å². The van der Waals surface area contributed by atoms with Crippen LogP contribution >= 0.6 is 0 Å². The van der Waals surface area contributed by atoms with Crippen LogP contribution in [-0.4, -0.2) is 24.1 Å². The monoisotopic (exact) mass is 465 g/mol. The molecule has 0 spiro atoms. The third kappa shape index (κ3) is 4.14. The van der Waals surface area contributed by atoms with Gasteiger partial charge in [0, 0.05) is 17.7 Å². The van der Waals surface area contributed by atoms with Crippen LogP contribution in [0.25, 0.3) is 32.3 Å². The molecule has 5 rings (SSSR count). The zero-order chi connectivity index (χ0) is 24.5. The zero-order valence-corrected chi connectivity index (χ0v) is 19.8. The molecule has 0 fully saturated rings. The maximum absolute atomic E-state index is 13.3. The van der Waals surface area contributed by atoms with Crippen molar-refractivity contribution < 1.29 is 19.4 Å². The molecule has 0 aliphatic rings. The van der Waals surface area contributed by atoms with Gasteiger partial charge in [-0.1, -0.05) is 67.6 Å². The number of hydrogen-bond donors (Lipinski definition) is 2. The summed E-state index contributed by atoms with van der Waals surface area (Å²) in [6.07, 6.45) is 0.994. The van der Waals surface area contributed by atoms with E-state index in [2.05, 4.69) is 41.7 Å². The minimum absolute atomic E-state index is 0.160. The zero-order valence-electron chi connectivity index (χ0n) is 19.8. The lowest BCUT2D eigenvalue weighted by Gasteiger charge is -2.16. The number of carbonyl (C=O) groups excluding carboxylic acids is 1. The molecule has 35 heavy (non-hydrogen) atoms. The highest BCUT2D eigenvalue weighted by Gasteiger charge is 2.18. The number of carboxylic acids is 1. The standard InChI is InChI=1S/C30H27NO4/c1-3-19(30(33)34)15-18-7-14-26(35-2)23(16-18)17-31-29(32)25-13-11-22-9-8-20-5-4-6-21-10-12-24(25)28(22)27(20)21/h4-14,16,19H,3,15,17H2,1-2H3,(H,31,32)(H,33,34)/t19-/m0/s1. The van der Waals surface area contributed by atoms with Gasteiger partial charge in [-0.15, -0.1) is 0 Å². The summed E-state index contributed by atoms with van der Waals surface area (Å²) >= 11 is 0. The normalized spacial score (nSPS) is 12.3. The van der Waals surface area contributed by atoms with Crippen LogP contribution in [0.1, 0.15) is 34.8 Å². The minimum Gasteiger partial charge on any atom is -0.496 e. The molecule has 1 amide bonds. The maximum atomic E-state index is 13.3. The van der Waals surface area contributed by atoms with Crippen molar-refractivity contribution in [2.24, 2.45) is 5.92 Å². The Kier molecular flexibility index (Phi) is 6.00. The highest BCUT2D eigenvalue weighted by molar-refractivity contribution is 6.26. The molecule has 0 aliphatic heterocycles. The smallest absolute Gasteiger partial charge is 0.306 e. The molecule has 2 N–H and O–H groups in total. The Hall–Kier alpha value is -4.12.